The first-order valence-corrected chi connectivity index (χ1v) is 8.02. The number of piperidine rings is 1. The Morgan fingerprint density at radius 1 is 1.39 bits per heavy atom. The molecule has 23 heavy (non-hydrogen) atoms. The second kappa shape index (κ2) is 5.96. The highest BCUT2D eigenvalue weighted by Crippen LogP contribution is 2.49. The fourth-order valence-corrected chi connectivity index (χ4v) is 3.72. The van der Waals surface area contributed by atoms with Gasteiger partial charge in [0.1, 0.15) is 6.07 Å². The van der Waals surface area contributed by atoms with Gasteiger partial charge in [0.2, 0.25) is 0 Å². The smallest absolute Gasteiger partial charge is 0.199 e. The van der Waals surface area contributed by atoms with Crippen LogP contribution in [0.1, 0.15) is 26.2 Å². The van der Waals surface area contributed by atoms with Gasteiger partial charge >= 0.3 is 0 Å². The largest absolute Gasteiger partial charge is 0.466 e. The summed E-state index contributed by atoms with van der Waals surface area (Å²) in [6.45, 7) is 3.37. The molecular weight excluding hydrogens is 290 g/mol. The molecule has 2 aliphatic rings. The maximum absolute atomic E-state index is 12.3. The predicted octanol–water partition coefficient (Wildman–Crippen LogP) is 2.34. The molecule has 1 saturated heterocycles. The van der Waals surface area contributed by atoms with Gasteiger partial charge in [-0.1, -0.05) is 25.1 Å². The summed E-state index contributed by atoms with van der Waals surface area (Å²) in [4.78, 5) is 14.6. The number of carbonyl (C=O) groups excluding carboxylic acids is 1. The summed E-state index contributed by atoms with van der Waals surface area (Å²) in [6.07, 6.45) is 1.17. The lowest BCUT2D eigenvalue weighted by Gasteiger charge is -2.42. The summed E-state index contributed by atoms with van der Waals surface area (Å²) in [7, 11) is 0. The Morgan fingerprint density at radius 2 is 2.04 bits per heavy atom. The van der Waals surface area contributed by atoms with Crippen LogP contribution in [0.15, 0.2) is 41.8 Å². The van der Waals surface area contributed by atoms with Crippen LogP contribution in [0.2, 0.25) is 0 Å². The summed E-state index contributed by atoms with van der Waals surface area (Å²) >= 11 is 0. The van der Waals surface area contributed by atoms with Gasteiger partial charge in [-0.2, -0.15) is 5.26 Å². The lowest BCUT2D eigenvalue weighted by molar-refractivity contribution is -0.132. The zero-order chi connectivity index (χ0) is 16.4. The van der Waals surface area contributed by atoms with Crippen LogP contribution >= 0.6 is 0 Å². The minimum Gasteiger partial charge on any atom is -0.466 e. The highest BCUT2D eigenvalue weighted by atomic mass is 16.5. The lowest BCUT2D eigenvalue weighted by atomic mass is 9.68. The fourth-order valence-electron chi connectivity index (χ4n) is 3.72. The number of benzene rings is 1. The third-order valence-electron chi connectivity index (χ3n) is 5.02. The van der Waals surface area contributed by atoms with E-state index in [2.05, 4.69) is 23.1 Å². The van der Waals surface area contributed by atoms with E-state index in [9.17, 15) is 10.1 Å². The number of nitrogens with two attached hydrogens (primary N) is 1. The van der Waals surface area contributed by atoms with Crippen molar-refractivity contribution in [1.82, 2.24) is 0 Å². The first-order chi connectivity index (χ1) is 11.1. The second-order valence-electron chi connectivity index (χ2n) is 6.15. The summed E-state index contributed by atoms with van der Waals surface area (Å²) in [5.41, 5.74) is 6.95. The van der Waals surface area contributed by atoms with Gasteiger partial charge in [0.15, 0.2) is 17.8 Å². The van der Waals surface area contributed by atoms with Crippen molar-refractivity contribution in [1.29, 1.82) is 5.26 Å². The Balaban J connectivity index is 1.86. The van der Waals surface area contributed by atoms with Crippen molar-refractivity contribution < 1.29 is 9.53 Å². The SMILES string of the molecule is CCC(=O)C1OC(N)=C(C#N)C12CCN(c1ccccc1)CC2. The van der Waals surface area contributed by atoms with Gasteiger partial charge in [-0.15, -0.1) is 0 Å². The highest BCUT2D eigenvalue weighted by Gasteiger charge is 2.54. The molecule has 2 heterocycles. The standard InChI is InChI=1S/C18H21N3O2/c1-2-15(22)16-18(14(12-19)17(20)23-16)8-10-21(11-9-18)13-6-4-3-5-7-13/h3-7,16H,2,8-11,20H2,1H3. The third-order valence-corrected chi connectivity index (χ3v) is 5.02. The predicted molar refractivity (Wildman–Crippen MR) is 87.3 cm³/mol. The van der Waals surface area contributed by atoms with E-state index in [1.807, 2.05) is 25.1 Å². The van der Waals surface area contributed by atoms with E-state index in [1.54, 1.807) is 0 Å². The Hall–Kier alpha value is -2.48. The van der Waals surface area contributed by atoms with Gasteiger partial charge in [-0.25, -0.2) is 0 Å². The molecule has 1 aromatic rings. The Bertz CT molecular complexity index is 667. The van der Waals surface area contributed by atoms with Crippen molar-refractivity contribution in [2.75, 3.05) is 18.0 Å². The normalized spacial score (nSPS) is 22.8. The molecule has 0 bridgehead atoms. The molecule has 1 fully saturated rings. The highest BCUT2D eigenvalue weighted by molar-refractivity contribution is 5.85. The molecule has 120 valence electrons. The average molecular weight is 311 g/mol. The summed E-state index contributed by atoms with van der Waals surface area (Å²) in [5, 5.41) is 9.52. The van der Waals surface area contributed by atoms with Crippen LogP contribution in [0.5, 0.6) is 0 Å². The molecule has 0 aromatic heterocycles. The first kappa shape index (κ1) is 15.4. The number of hydrogen-bond donors (Lipinski definition) is 1. The van der Waals surface area contributed by atoms with Crippen molar-refractivity contribution in [3.05, 3.63) is 41.8 Å². The van der Waals surface area contributed by atoms with E-state index in [-0.39, 0.29) is 11.7 Å². The quantitative estimate of drug-likeness (QED) is 0.927. The van der Waals surface area contributed by atoms with Crippen molar-refractivity contribution in [2.45, 2.75) is 32.3 Å². The Kier molecular flexibility index (Phi) is 3.99. The van der Waals surface area contributed by atoms with Gasteiger partial charge in [-0.3, -0.25) is 4.79 Å². The number of para-hydroxylation sites is 1. The topological polar surface area (TPSA) is 79.3 Å². The third kappa shape index (κ3) is 2.44. The molecule has 0 saturated carbocycles. The number of ether oxygens (including phenoxy) is 1. The van der Waals surface area contributed by atoms with Crippen LogP contribution in [-0.4, -0.2) is 25.0 Å². The minimum atomic E-state index is -0.611. The van der Waals surface area contributed by atoms with Crippen LogP contribution in [-0.2, 0) is 9.53 Å². The van der Waals surface area contributed by atoms with Crippen LogP contribution in [0.3, 0.4) is 0 Å². The maximum atomic E-state index is 12.3. The van der Waals surface area contributed by atoms with Gasteiger partial charge in [0.05, 0.1) is 11.0 Å². The van der Waals surface area contributed by atoms with Gasteiger partial charge in [0, 0.05) is 25.2 Å². The molecule has 1 atom stereocenters. The number of anilines is 1. The van der Waals surface area contributed by atoms with E-state index in [1.165, 1.54) is 0 Å². The number of ketones is 1. The maximum Gasteiger partial charge on any atom is 0.199 e. The number of rotatable bonds is 3. The molecular formula is C18H21N3O2. The van der Waals surface area contributed by atoms with E-state index < -0.39 is 11.5 Å². The zero-order valence-electron chi connectivity index (χ0n) is 13.3. The fraction of sp³-hybridized carbons (Fsp3) is 0.444. The molecule has 5 nitrogen and oxygen atoms in total. The van der Waals surface area contributed by atoms with Gasteiger partial charge in [0.25, 0.3) is 0 Å². The first-order valence-electron chi connectivity index (χ1n) is 8.02. The number of carbonyl (C=O) groups is 1. The van der Waals surface area contributed by atoms with Crippen molar-refractivity contribution >= 4 is 11.5 Å². The van der Waals surface area contributed by atoms with Crippen LogP contribution in [0.25, 0.3) is 0 Å². The van der Waals surface area contributed by atoms with E-state index in [4.69, 9.17) is 10.5 Å². The van der Waals surface area contributed by atoms with Crippen molar-refractivity contribution in [3.8, 4) is 6.07 Å². The number of nitriles is 1. The molecule has 2 aliphatic heterocycles. The summed E-state index contributed by atoms with van der Waals surface area (Å²) < 4.78 is 5.62. The Labute approximate surface area is 136 Å². The van der Waals surface area contributed by atoms with Crippen LogP contribution in [0, 0.1) is 16.7 Å². The minimum absolute atomic E-state index is 0.0198. The monoisotopic (exact) mass is 311 g/mol. The van der Waals surface area contributed by atoms with E-state index >= 15 is 0 Å². The summed E-state index contributed by atoms with van der Waals surface area (Å²) in [6, 6.07) is 12.4. The lowest BCUT2D eigenvalue weighted by Crippen LogP contribution is -2.48. The molecule has 0 radical (unpaired) electrons. The molecule has 1 aromatic carbocycles. The van der Waals surface area contributed by atoms with Gasteiger partial charge < -0.3 is 15.4 Å². The van der Waals surface area contributed by atoms with Gasteiger partial charge in [-0.05, 0) is 25.0 Å². The molecule has 1 spiro atoms. The van der Waals surface area contributed by atoms with Crippen LogP contribution < -0.4 is 10.6 Å². The Morgan fingerprint density at radius 3 is 2.61 bits per heavy atom. The molecule has 2 N–H and O–H groups in total. The molecule has 0 amide bonds. The van der Waals surface area contributed by atoms with Crippen LogP contribution in [0.4, 0.5) is 5.69 Å². The van der Waals surface area contributed by atoms with E-state index in [0.29, 0.717) is 24.8 Å². The second-order valence-corrected chi connectivity index (χ2v) is 6.15. The number of Topliss-reactive ketones (excluding diaryl/α,β-unsaturated/α-hetero) is 1. The van der Waals surface area contributed by atoms with Crippen molar-refractivity contribution in [2.24, 2.45) is 11.1 Å². The molecule has 3 rings (SSSR count). The zero-order valence-corrected chi connectivity index (χ0v) is 13.3. The van der Waals surface area contributed by atoms with E-state index in [0.717, 1.165) is 18.8 Å². The molecule has 0 aliphatic carbocycles. The average Bonchev–Trinajstić information content (AvgIpc) is 2.87. The number of hydrogen-bond acceptors (Lipinski definition) is 5. The number of nitrogens with zero attached hydrogens (tertiary/aromatic N) is 2. The van der Waals surface area contributed by atoms with Crippen molar-refractivity contribution in [3.63, 3.8) is 0 Å². The molecule has 1 unspecified atom stereocenters. The molecule has 5 heteroatoms. The summed E-state index contributed by atoms with van der Waals surface area (Å²) in [5.74, 6) is 0.152.